The third kappa shape index (κ3) is 3.58. The molecule has 1 aromatic heterocycles. The monoisotopic (exact) mass is 349 g/mol. The van der Waals surface area contributed by atoms with Crippen molar-refractivity contribution in [3.8, 4) is 17.1 Å². The number of ether oxygens (including phenoxy) is 1. The maximum Gasteiger partial charge on any atom is 0.159 e. The number of rotatable bonds is 3. The Morgan fingerprint density at radius 2 is 1.85 bits per heavy atom. The molecule has 0 radical (unpaired) electrons. The van der Waals surface area contributed by atoms with Gasteiger partial charge in [-0.2, -0.15) is 0 Å². The summed E-state index contributed by atoms with van der Waals surface area (Å²) < 4.78 is 19.3. The van der Waals surface area contributed by atoms with Gasteiger partial charge in [0.2, 0.25) is 0 Å². The SMILES string of the molecule is CN1CCC(Oc2ccc(F)cc2)c2ccc(-c3ncccn3)cc2C1. The van der Waals surface area contributed by atoms with Crippen LogP contribution >= 0.6 is 0 Å². The molecule has 0 bridgehead atoms. The normalized spacial score (nSPS) is 17.4. The van der Waals surface area contributed by atoms with Crippen molar-refractivity contribution in [3.05, 3.63) is 77.9 Å². The molecule has 132 valence electrons. The fraction of sp³-hybridized carbons (Fsp3) is 0.238. The number of fused-ring (bicyclic) bond motifs is 1. The van der Waals surface area contributed by atoms with Gasteiger partial charge < -0.3 is 9.64 Å². The molecule has 0 spiro atoms. The van der Waals surface area contributed by atoms with E-state index in [1.165, 1.54) is 23.3 Å². The molecule has 3 aromatic rings. The lowest BCUT2D eigenvalue weighted by Gasteiger charge is -2.20. The Morgan fingerprint density at radius 3 is 2.62 bits per heavy atom. The minimum Gasteiger partial charge on any atom is -0.486 e. The minimum atomic E-state index is -0.258. The summed E-state index contributed by atoms with van der Waals surface area (Å²) in [6.07, 6.45) is 4.31. The van der Waals surface area contributed by atoms with Crippen LogP contribution in [-0.4, -0.2) is 28.5 Å². The Kier molecular flexibility index (Phi) is 4.63. The second-order valence-electron chi connectivity index (χ2n) is 6.57. The van der Waals surface area contributed by atoms with E-state index < -0.39 is 0 Å². The molecule has 26 heavy (non-hydrogen) atoms. The van der Waals surface area contributed by atoms with Gasteiger partial charge in [-0.25, -0.2) is 14.4 Å². The maximum absolute atomic E-state index is 13.2. The first-order chi connectivity index (χ1) is 12.7. The van der Waals surface area contributed by atoms with E-state index in [9.17, 15) is 4.39 Å². The molecule has 1 aliphatic rings. The van der Waals surface area contributed by atoms with Crippen molar-refractivity contribution in [2.24, 2.45) is 0 Å². The summed E-state index contributed by atoms with van der Waals surface area (Å²) in [6, 6.07) is 14.3. The van der Waals surface area contributed by atoms with Crippen molar-refractivity contribution in [1.29, 1.82) is 0 Å². The van der Waals surface area contributed by atoms with Crippen LogP contribution in [0.25, 0.3) is 11.4 Å². The van der Waals surface area contributed by atoms with Crippen LogP contribution in [0.15, 0.2) is 60.9 Å². The Morgan fingerprint density at radius 1 is 1.08 bits per heavy atom. The number of nitrogens with zero attached hydrogens (tertiary/aromatic N) is 3. The largest absolute Gasteiger partial charge is 0.486 e. The summed E-state index contributed by atoms with van der Waals surface area (Å²) in [6.45, 7) is 1.77. The van der Waals surface area contributed by atoms with Crippen molar-refractivity contribution in [1.82, 2.24) is 14.9 Å². The van der Waals surface area contributed by atoms with E-state index in [1.807, 2.05) is 12.1 Å². The molecule has 1 atom stereocenters. The molecule has 0 saturated carbocycles. The maximum atomic E-state index is 13.2. The van der Waals surface area contributed by atoms with Crippen molar-refractivity contribution in [2.75, 3.05) is 13.6 Å². The lowest BCUT2D eigenvalue weighted by Crippen LogP contribution is -2.18. The predicted octanol–water partition coefficient (Wildman–Crippen LogP) is 4.24. The fourth-order valence-corrected chi connectivity index (χ4v) is 3.31. The van der Waals surface area contributed by atoms with Gasteiger partial charge in [-0.3, -0.25) is 0 Å². The zero-order valence-corrected chi connectivity index (χ0v) is 14.6. The van der Waals surface area contributed by atoms with Crippen LogP contribution in [0.5, 0.6) is 5.75 Å². The first kappa shape index (κ1) is 16.7. The molecule has 2 aromatic carbocycles. The van der Waals surface area contributed by atoms with Crippen LogP contribution in [0.3, 0.4) is 0 Å². The van der Waals surface area contributed by atoms with E-state index in [0.717, 1.165) is 30.9 Å². The molecule has 2 heterocycles. The van der Waals surface area contributed by atoms with Gasteiger partial charge in [-0.05, 0) is 54.6 Å². The molecule has 0 N–H and O–H groups in total. The summed E-state index contributed by atoms with van der Waals surface area (Å²) in [5.74, 6) is 1.14. The number of benzene rings is 2. The Hall–Kier alpha value is -2.79. The second kappa shape index (κ2) is 7.22. The van der Waals surface area contributed by atoms with Crippen LogP contribution in [-0.2, 0) is 6.54 Å². The smallest absolute Gasteiger partial charge is 0.159 e. The zero-order chi connectivity index (χ0) is 17.9. The summed E-state index contributed by atoms with van der Waals surface area (Å²) in [5.41, 5.74) is 3.38. The van der Waals surface area contributed by atoms with Crippen molar-refractivity contribution < 1.29 is 9.13 Å². The van der Waals surface area contributed by atoms with Crippen molar-refractivity contribution in [2.45, 2.75) is 19.1 Å². The molecule has 0 saturated heterocycles. The highest BCUT2D eigenvalue weighted by atomic mass is 19.1. The fourth-order valence-electron chi connectivity index (χ4n) is 3.31. The van der Waals surface area contributed by atoms with E-state index in [1.54, 1.807) is 24.5 Å². The summed E-state index contributed by atoms with van der Waals surface area (Å²) in [5, 5.41) is 0. The first-order valence-electron chi connectivity index (χ1n) is 8.70. The van der Waals surface area contributed by atoms with Crippen LogP contribution in [0.4, 0.5) is 4.39 Å². The van der Waals surface area contributed by atoms with Crippen LogP contribution in [0.1, 0.15) is 23.7 Å². The summed E-state index contributed by atoms with van der Waals surface area (Å²) >= 11 is 0. The number of aromatic nitrogens is 2. The van der Waals surface area contributed by atoms with Gasteiger partial charge in [-0.1, -0.05) is 12.1 Å². The average Bonchev–Trinajstić information content (AvgIpc) is 2.82. The molecule has 0 fully saturated rings. The highest BCUT2D eigenvalue weighted by Crippen LogP contribution is 2.33. The van der Waals surface area contributed by atoms with E-state index in [2.05, 4.69) is 34.0 Å². The molecule has 4 nitrogen and oxygen atoms in total. The van der Waals surface area contributed by atoms with Gasteiger partial charge in [-0.15, -0.1) is 0 Å². The zero-order valence-electron chi connectivity index (χ0n) is 14.6. The van der Waals surface area contributed by atoms with Gasteiger partial charge >= 0.3 is 0 Å². The van der Waals surface area contributed by atoms with E-state index in [4.69, 9.17) is 4.74 Å². The standard InChI is InChI=1S/C21H20FN3O/c1-25-12-9-20(26-18-6-4-17(22)5-7-18)19-8-3-15(13-16(19)14-25)21-23-10-2-11-24-21/h2-8,10-11,13,20H,9,12,14H2,1H3. The lowest BCUT2D eigenvalue weighted by atomic mass is 9.98. The van der Waals surface area contributed by atoms with Gasteiger partial charge in [0.15, 0.2) is 5.82 Å². The molecule has 4 rings (SSSR count). The van der Waals surface area contributed by atoms with Gasteiger partial charge in [0.1, 0.15) is 17.7 Å². The van der Waals surface area contributed by atoms with Gasteiger partial charge in [0.05, 0.1) is 0 Å². The first-order valence-corrected chi connectivity index (χ1v) is 8.70. The van der Waals surface area contributed by atoms with E-state index in [-0.39, 0.29) is 11.9 Å². The Labute approximate surface area is 152 Å². The molecule has 0 amide bonds. The number of halogens is 1. The number of hydrogen-bond donors (Lipinski definition) is 0. The highest BCUT2D eigenvalue weighted by Gasteiger charge is 2.23. The minimum absolute atomic E-state index is 0.0637. The lowest BCUT2D eigenvalue weighted by molar-refractivity contribution is 0.182. The van der Waals surface area contributed by atoms with Crippen LogP contribution in [0.2, 0.25) is 0 Å². The third-order valence-electron chi connectivity index (χ3n) is 4.62. The predicted molar refractivity (Wildman–Crippen MR) is 98.2 cm³/mol. The molecule has 0 aliphatic carbocycles. The van der Waals surface area contributed by atoms with E-state index in [0.29, 0.717) is 5.75 Å². The van der Waals surface area contributed by atoms with Crippen LogP contribution < -0.4 is 4.74 Å². The van der Waals surface area contributed by atoms with Gasteiger partial charge in [0, 0.05) is 37.5 Å². The van der Waals surface area contributed by atoms with Crippen molar-refractivity contribution >= 4 is 0 Å². The molecular formula is C21H20FN3O. The quantitative estimate of drug-likeness (QED) is 0.709. The summed E-state index contributed by atoms with van der Waals surface area (Å²) in [4.78, 5) is 11.0. The highest BCUT2D eigenvalue weighted by molar-refractivity contribution is 5.57. The third-order valence-corrected chi connectivity index (χ3v) is 4.62. The molecule has 1 aliphatic heterocycles. The molecular weight excluding hydrogens is 329 g/mol. The van der Waals surface area contributed by atoms with Gasteiger partial charge in [0.25, 0.3) is 0 Å². The second-order valence-corrected chi connectivity index (χ2v) is 6.57. The Bertz CT molecular complexity index is 884. The van der Waals surface area contributed by atoms with Crippen molar-refractivity contribution in [3.63, 3.8) is 0 Å². The molecule has 1 unspecified atom stereocenters. The van der Waals surface area contributed by atoms with E-state index >= 15 is 0 Å². The molecule has 5 heteroatoms. The summed E-state index contributed by atoms with van der Waals surface area (Å²) in [7, 11) is 2.11. The Balaban J connectivity index is 1.67. The topological polar surface area (TPSA) is 38.2 Å². The number of hydrogen-bond acceptors (Lipinski definition) is 4. The average molecular weight is 349 g/mol. The van der Waals surface area contributed by atoms with Crippen LogP contribution in [0, 0.1) is 5.82 Å².